The van der Waals surface area contributed by atoms with E-state index in [0.29, 0.717) is 0 Å². The summed E-state index contributed by atoms with van der Waals surface area (Å²) in [4.78, 5) is 48.4. The molecular weight excluding hydrogens is 276 g/mol. The third-order valence-corrected chi connectivity index (χ3v) is 0. The van der Waals surface area contributed by atoms with Crippen LogP contribution in [0.2, 0.25) is 39.3 Å². The molecule has 0 saturated carbocycles. The van der Waals surface area contributed by atoms with Crippen molar-refractivity contribution < 1.29 is 28.8 Å². The van der Waals surface area contributed by atoms with Crippen molar-refractivity contribution in [1.29, 1.82) is 0 Å². The van der Waals surface area contributed by atoms with Gasteiger partial charge in [-0.3, -0.25) is 0 Å². The molecule has 0 radical (unpaired) electrons. The van der Waals surface area contributed by atoms with E-state index in [-0.39, 0.29) is 0 Å². The molecule has 0 aromatic heterocycles. The molecule has 0 aliphatic heterocycles. The molecule has 0 amide bonds. The van der Waals surface area contributed by atoms with Crippen molar-refractivity contribution in [2.75, 3.05) is 0 Å². The Kier molecular flexibility index (Phi) is 17.6. The quantitative estimate of drug-likeness (QED) is 0.352. The summed E-state index contributed by atoms with van der Waals surface area (Å²) in [5.41, 5.74) is 0. The van der Waals surface area contributed by atoms with E-state index in [1.54, 1.807) is 0 Å². The molecule has 0 saturated heterocycles. The molecule has 0 spiro atoms. The Bertz CT molecular complexity index is 100. The van der Waals surface area contributed by atoms with E-state index in [0.717, 1.165) is 6.55 Å². The van der Waals surface area contributed by atoms with Crippen LogP contribution in [-0.4, -0.2) is 54.5 Å². The van der Waals surface area contributed by atoms with Gasteiger partial charge in [-0.05, 0) is 32.7 Å². The first-order chi connectivity index (χ1) is 7.00. The average Bonchev–Trinajstić information content (AvgIpc) is 1.77. The van der Waals surface area contributed by atoms with Crippen LogP contribution < -0.4 is 0 Å². The van der Waals surface area contributed by atoms with Crippen LogP contribution in [0.5, 0.6) is 0 Å². The predicted octanol–water partition coefficient (Wildman–Crippen LogP) is 0.0446. The highest BCUT2D eigenvalue weighted by atomic mass is 28.4. The summed E-state index contributed by atoms with van der Waals surface area (Å²) in [6, 6.07) is 0. The van der Waals surface area contributed by atoms with Crippen molar-refractivity contribution in [3.63, 3.8) is 0 Å². The molecule has 0 heterocycles. The molecule has 0 aliphatic rings. The van der Waals surface area contributed by atoms with Crippen LogP contribution in [0.25, 0.3) is 0 Å². The normalized spacial score (nSPS) is 10.9. The Morgan fingerprint density at radius 2 is 0.529 bits per heavy atom. The summed E-state index contributed by atoms with van der Waals surface area (Å²) in [5.74, 6) is 0. The molecule has 17 heavy (non-hydrogen) atoms. The van der Waals surface area contributed by atoms with Gasteiger partial charge in [-0.2, -0.15) is 0 Å². The van der Waals surface area contributed by atoms with Gasteiger partial charge < -0.3 is 28.8 Å². The average molecular weight is 307 g/mol. The van der Waals surface area contributed by atoms with Crippen LogP contribution in [0.15, 0.2) is 0 Å². The van der Waals surface area contributed by atoms with Gasteiger partial charge in [0.15, 0.2) is 8.32 Å². The van der Waals surface area contributed by atoms with E-state index >= 15 is 0 Å². The Hall–Kier alpha value is 0.411. The molecule has 9 heteroatoms. The lowest BCUT2D eigenvalue weighted by Gasteiger charge is -2.00. The highest BCUT2D eigenvalue weighted by molar-refractivity contribution is 6.68. The lowest BCUT2D eigenvalue weighted by Crippen LogP contribution is -2.28. The predicted molar refractivity (Wildman–Crippen MR) is 77.1 cm³/mol. The first-order valence-electron chi connectivity index (χ1n) is 5.34. The maximum atomic E-state index is 8.66. The van der Waals surface area contributed by atoms with Crippen molar-refractivity contribution in [2.45, 2.75) is 53.1 Å². The SMILES string of the molecule is CC.C[Si](C)(C)O.C[Si](C)(O)O.C[Si](O)(O)O. The second-order valence-corrected chi connectivity index (χ2v) is 13.9. The van der Waals surface area contributed by atoms with E-state index in [9.17, 15) is 0 Å². The molecule has 0 bridgehead atoms. The molecule has 0 unspecified atom stereocenters. The third-order valence-electron chi connectivity index (χ3n) is 0. The fourth-order valence-corrected chi connectivity index (χ4v) is 0. The smallest absolute Gasteiger partial charge is 0.433 e. The summed E-state index contributed by atoms with van der Waals surface area (Å²) in [7, 11) is -7.83. The van der Waals surface area contributed by atoms with Gasteiger partial charge >= 0.3 is 17.4 Å². The van der Waals surface area contributed by atoms with Crippen molar-refractivity contribution in [3.8, 4) is 0 Å². The molecular formula is C8H30O6Si3. The van der Waals surface area contributed by atoms with E-state index in [2.05, 4.69) is 0 Å². The van der Waals surface area contributed by atoms with E-state index in [1.807, 2.05) is 33.5 Å². The van der Waals surface area contributed by atoms with Gasteiger partial charge in [-0.25, -0.2) is 0 Å². The minimum absolute atomic E-state index is 0.993. The molecule has 0 aromatic rings. The molecule has 110 valence electrons. The van der Waals surface area contributed by atoms with Gasteiger partial charge in [0.05, 0.1) is 0 Å². The zero-order valence-electron chi connectivity index (χ0n) is 12.2. The van der Waals surface area contributed by atoms with Crippen molar-refractivity contribution in [1.82, 2.24) is 0 Å². The molecule has 6 N–H and O–H groups in total. The zero-order chi connectivity index (χ0) is 15.5. The third kappa shape index (κ3) is 20200. The maximum Gasteiger partial charge on any atom is 0.489 e. The first kappa shape index (κ1) is 26.1. The van der Waals surface area contributed by atoms with Gasteiger partial charge in [0.1, 0.15) is 0 Å². The summed E-state index contributed by atoms with van der Waals surface area (Å²) in [6.45, 7) is 13.5. The lowest BCUT2D eigenvalue weighted by molar-refractivity contribution is 0.239. The Balaban J connectivity index is -0.0000000693. The molecule has 0 rings (SSSR count). The summed E-state index contributed by atoms with van der Waals surface area (Å²) < 4.78 is 0. The standard InChI is InChI=1S/C3H10OSi.C2H8O2Si.C2H6.CH6O3Si/c2*1-5(2,3)4;1-2;1-5(2,3)4/h4H,1-3H3;3-4H,1-2H3;1-2H3;2-4H,1H3. The van der Waals surface area contributed by atoms with Gasteiger partial charge in [0.2, 0.25) is 0 Å². The second kappa shape index (κ2) is 11.5. The topological polar surface area (TPSA) is 121 Å². The monoisotopic (exact) mass is 306 g/mol. The molecule has 0 atom stereocenters. The second-order valence-electron chi connectivity index (χ2n) is 4.64. The number of rotatable bonds is 0. The van der Waals surface area contributed by atoms with Crippen molar-refractivity contribution >= 4 is 25.7 Å². The van der Waals surface area contributed by atoms with E-state index in [1.165, 1.54) is 13.1 Å². The molecule has 0 aliphatic carbocycles. The molecule has 0 aromatic carbocycles. The van der Waals surface area contributed by atoms with Crippen LogP contribution in [-0.2, 0) is 0 Å². The minimum Gasteiger partial charge on any atom is -0.433 e. The van der Waals surface area contributed by atoms with Crippen LogP contribution in [0.4, 0.5) is 0 Å². The fraction of sp³-hybridized carbons (Fsp3) is 1.00. The Morgan fingerprint density at radius 1 is 0.529 bits per heavy atom. The van der Waals surface area contributed by atoms with Crippen LogP contribution in [0.1, 0.15) is 13.8 Å². The highest BCUT2D eigenvalue weighted by Gasteiger charge is 2.14. The van der Waals surface area contributed by atoms with Crippen LogP contribution in [0.3, 0.4) is 0 Å². The van der Waals surface area contributed by atoms with E-state index in [4.69, 9.17) is 28.8 Å². The lowest BCUT2D eigenvalue weighted by atomic mass is 11.0. The zero-order valence-corrected chi connectivity index (χ0v) is 15.2. The Morgan fingerprint density at radius 3 is 0.529 bits per heavy atom. The van der Waals surface area contributed by atoms with Gasteiger partial charge in [0, 0.05) is 6.55 Å². The molecule has 0 fully saturated rings. The van der Waals surface area contributed by atoms with Gasteiger partial charge in [-0.15, -0.1) is 0 Å². The van der Waals surface area contributed by atoms with Gasteiger partial charge in [-0.1, -0.05) is 13.8 Å². The molecule has 6 nitrogen and oxygen atoms in total. The maximum absolute atomic E-state index is 8.66. The number of hydrogen-bond donors (Lipinski definition) is 6. The van der Waals surface area contributed by atoms with E-state index < -0.39 is 25.7 Å². The minimum atomic E-state index is -3.61. The highest BCUT2D eigenvalue weighted by Crippen LogP contribution is 1.88. The first-order valence-corrected chi connectivity index (χ1v) is 14.0. The summed E-state index contributed by atoms with van der Waals surface area (Å²) in [5, 5.41) is 0. The van der Waals surface area contributed by atoms with Crippen molar-refractivity contribution in [3.05, 3.63) is 0 Å². The fourth-order valence-electron chi connectivity index (χ4n) is 0. The van der Waals surface area contributed by atoms with Gasteiger partial charge in [0.25, 0.3) is 0 Å². The summed E-state index contributed by atoms with van der Waals surface area (Å²) in [6.07, 6.45) is 0. The summed E-state index contributed by atoms with van der Waals surface area (Å²) >= 11 is 0. The Labute approximate surface area is 108 Å². The van der Waals surface area contributed by atoms with Crippen molar-refractivity contribution in [2.24, 2.45) is 0 Å². The van der Waals surface area contributed by atoms with Crippen LogP contribution in [0, 0.1) is 0 Å². The number of hydrogen-bond acceptors (Lipinski definition) is 6. The van der Waals surface area contributed by atoms with Crippen LogP contribution >= 0.6 is 0 Å². The largest absolute Gasteiger partial charge is 0.489 e.